The highest BCUT2D eigenvalue weighted by Gasteiger charge is 2.27. The second kappa shape index (κ2) is 6.60. The van der Waals surface area contributed by atoms with Gasteiger partial charge in [0.15, 0.2) is 5.69 Å². The Morgan fingerprint density at radius 3 is 2.31 bits per heavy atom. The van der Waals surface area contributed by atoms with Crippen LogP contribution in [0.25, 0.3) is 11.3 Å². The number of benzene rings is 2. The fourth-order valence-corrected chi connectivity index (χ4v) is 3.56. The van der Waals surface area contributed by atoms with Crippen molar-refractivity contribution >= 4 is 21.7 Å². The van der Waals surface area contributed by atoms with Crippen LogP contribution in [-0.4, -0.2) is 29.3 Å². The monoisotopic (exact) mass is 375 g/mol. The van der Waals surface area contributed by atoms with Gasteiger partial charge in [0, 0.05) is 12.6 Å². The number of nitrogens with one attached hydrogen (secondary N) is 1. The van der Waals surface area contributed by atoms with Crippen molar-refractivity contribution in [3.05, 3.63) is 66.1 Å². The van der Waals surface area contributed by atoms with E-state index in [1.165, 1.54) is 43.4 Å². The van der Waals surface area contributed by atoms with Crippen LogP contribution >= 0.6 is 0 Å². The van der Waals surface area contributed by atoms with Crippen molar-refractivity contribution in [3.63, 3.8) is 0 Å². The summed E-state index contributed by atoms with van der Waals surface area (Å²) in [5, 5.41) is 13.6. The molecule has 0 aliphatic carbocycles. The first kappa shape index (κ1) is 17.6. The van der Waals surface area contributed by atoms with Gasteiger partial charge in [0.25, 0.3) is 10.0 Å². The molecule has 7 nitrogen and oxygen atoms in total. The number of aromatic carboxylic acids is 1. The van der Waals surface area contributed by atoms with Crippen LogP contribution in [0.3, 0.4) is 0 Å². The molecule has 3 aromatic rings. The number of hydrogen-bond acceptors (Lipinski definition) is 4. The number of anilines is 1. The molecule has 9 heteroatoms. The summed E-state index contributed by atoms with van der Waals surface area (Å²) in [5.74, 6) is -1.83. The van der Waals surface area contributed by atoms with Crippen LogP contribution in [-0.2, 0) is 17.1 Å². The number of rotatable bonds is 5. The highest BCUT2D eigenvalue weighted by molar-refractivity contribution is 7.92. The standard InChI is InChI=1S/C17H14FN3O4S/c1-21-16(17(22)23)15(14(19-21)11-7-9-12(18)10-8-11)20-26(24,25)13-5-3-2-4-6-13/h2-10,20H,1H3,(H,22,23). The molecule has 0 fully saturated rings. The lowest BCUT2D eigenvalue weighted by molar-refractivity contribution is 0.0686. The van der Waals surface area contributed by atoms with Gasteiger partial charge in [0.05, 0.1) is 4.90 Å². The van der Waals surface area contributed by atoms with Crippen LogP contribution in [0.5, 0.6) is 0 Å². The van der Waals surface area contributed by atoms with Gasteiger partial charge in [-0.3, -0.25) is 9.40 Å². The molecule has 0 unspecified atom stereocenters. The first-order valence-corrected chi connectivity index (χ1v) is 8.92. The van der Waals surface area contributed by atoms with E-state index in [2.05, 4.69) is 9.82 Å². The number of sulfonamides is 1. The summed E-state index contributed by atoms with van der Waals surface area (Å²) < 4.78 is 41.8. The molecule has 2 N–H and O–H groups in total. The molecule has 0 aliphatic rings. The van der Waals surface area contributed by atoms with E-state index >= 15 is 0 Å². The quantitative estimate of drug-likeness (QED) is 0.714. The van der Waals surface area contributed by atoms with E-state index in [0.29, 0.717) is 5.56 Å². The van der Waals surface area contributed by atoms with Crippen LogP contribution in [0.15, 0.2) is 59.5 Å². The van der Waals surface area contributed by atoms with Crippen LogP contribution in [0.1, 0.15) is 10.5 Å². The van der Waals surface area contributed by atoms with Crippen LogP contribution in [0, 0.1) is 5.82 Å². The highest BCUT2D eigenvalue weighted by atomic mass is 32.2. The third-order valence-electron chi connectivity index (χ3n) is 3.66. The Labute approximate surface area is 148 Å². The second-order valence-corrected chi connectivity index (χ2v) is 7.11. The predicted molar refractivity (Wildman–Crippen MR) is 92.8 cm³/mol. The Balaban J connectivity index is 2.16. The Bertz CT molecular complexity index is 1060. The molecule has 3 rings (SSSR count). The Morgan fingerprint density at radius 2 is 1.73 bits per heavy atom. The minimum atomic E-state index is -4.04. The van der Waals surface area contributed by atoms with E-state index in [1.54, 1.807) is 18.2 Å². The summed E-state index contributed by atoms with van der Waals surface area (Å²) in [6.07, 6.45) is 0. The Kier molecular flexibility index (Phi) is 4.47. The molecule has 134 valence electrons. The third-order valence-corrected chi connectivity index (χ3v) is 5.02. The summed E-state index contributed by atoms with van der Waals surface area (Å²) >= 11 is 0. The number of carboxylic acids is 1. The van der Waals surface area contributed by atoms with E-state index < -0.39 is 21.8 Å². The summed E-state index contributed by atoms with van der Waals surface area (Å²) in [4.78, 5) is 11.6. The maximum Gasteiger partial charge on any atom is 0.356 e. The zero-order chi connectivity index (χ0) is 18.9. The minimum absolute atomic E-state index is 0.0229. The maximum atomic E-state index is 13.2. The smallest absolute Gasteiger partial charge is 0.356 e. The predicted octanol–water partition coefficient (Wildman–Crippen LogP) is 2.73. The average Bonchev–Trinajstić information content (AvgIpc) is 2.92. The van der Waals surface area contributed by atoms with Crippen LogP contribution in [0.4, 0.5) is 10.1 Å². The molecule has 0 saturated carbocycles. The molecule has 0 atom stereocenters. The number of nitrogens with zero attached hydrogens (tertiary/aromatic N) is 2. The molecular formula is C17H14FN3O4S. The van der Waals surface area contributed by atoms with Gasteiger partial charge in [-0.15, -0.1) is 0 Å². The first-order chi connectivity index (χ1) is 12.3. The SMILES string of the molecule is Cn1nc(-c2ccc(F)cc2)c(NS(=O)(=O)c2ccccc2)c1C(=O)O. The van der Waals surface area contributed by atoms with Crippen molar-refractivity contribution in [2.45, 2.75) is 4.90 Å². The van der Waals surface area contributed by atoms with Gasteiger partial charge in [-0.1, -0.05) is 18.2 Å². The molecule has 0 amide bonds. The average molecular weight is 375 g/mol. The number of aromatic nitrogens is 2. The van der Waals surface area contributed by atoms with Gasteiger partial charge in [-0.05, 0) is 36.4 Å². The zero-order valence-corrected chi connectivity index (χ0v) is 14.4. The van der Waals surface area contributed by atoms with Crippen molar-refractivity contribution in [3.8, 4) is 11.3 Å². The van der Waals surface area contributed by atoms with Gasteiger partial charge in [-0.25, -0.2) is 17.6 Å². The fraction of sp³-hybridized carbons (Fsp3) is 0.0588. The van der Waals surface area contributed by atoms with Crippen molar-refractivity contribution in [1.29, 1.82) is 0 Å². The second-order valence-electron chi connectivity index (χ2n) is 5.43. The third kappa shape index (κ3) is 3.29. The van der Waals surface area contributed by atoms with Crippen molar-refractivity contribution < 1.29 is 22.7 Å². The number of aryl methyl sites for hydroxylation is 1. The van der Waals surface area contributed by atoms with E-state index in [0.717, 1.165) is 4.68 Å². The lowest BCUT2D eigenvalue weighted by Gasteiger charge is -2.09. The molecule has 0 spiro atoms. The summed E-state index contributed by atoms with van der Waals surface area (Å²) in [6.45, 7) is 0. The van der Waals surface area contributed by atoms with Gasteiger partial charge in [0.1, 0.15) is 17.2 Å². The largest absolute Gasteiger partial charge is 0.476 e. The molecule has 0 bridgehead atoms. The lowest BCUT2D eigenvalue weighted by Crippen LogP contribution is -2.16. The Morgan fingerprint density at radius 1 is 1.12 bits per heavy atom. The van der Waals surface area contributed by atoms with E-state index in [9.17, 15) is 22.7 Å². The molecule has 1 aromatic heterocycles. The van der Waals surface area contributed by atoms with Crippen LogP contribution in [0.2, 0.25) is 0 Å². The van der Waals surface area contributed by atoms with Crippen LogP contribution < -0.4 is 4.72 Å². The topological polar surface area (TPSA) is 101 Å². The van der Waals surface area contributed by atoms with E-state index in [4.69, 9.17) is 0 Å². The normalized spacial score (nSPS) is 11.3. The molecule has 0 saturated heterocycles. The highest BCUT2D eigenvalue weighted by Crippen LogP contribution is 2.32. The lowest BCUT2D eigenvalue weighted by atomic mass is 10.1. The maximum absolute atomic E-state index is 13.2. The van der Waals surface area contributed by atoms with E-state index in [1.807, 2.05) is 0 Å². The first-order valence-electron chi connectivity index (χ1n) is 7.43. The van der Waals surface area contributed by atoms with Gasteiger partial charge in [-0.2, -0.15) is 5.10 Å². The molecule has 26 heavy (non-hydrogen) atoms. The van der Waals surface area contributed by atoms with Crippen molar-refractivity contribution in [2.24, 2.45) is 7.05 Å². The van der Waals surface area contributed by atoms with Gasteiger partial charge in [0.2, 0.25) is 0 Å². The van der Waals surface area contributed by atoms with Gasteiger partial charge < -0.3 is 5.11 Å². The van der Waals surface area contributed by atoms with E-state index in [-0.39, 0.29) is 22.0 Å². The molecule has 0 radical (unpaired) electrons. The molecule has 0 aliphatic heterocycles. The summed E-state index contributed by atoms with van der Waals surface area (Å²) in [5.41, 5.74) is -0.0519. The van der Waals surface area contributed by atoms with Gasteiger partial charge >= 0.3 is 5.97 Å². The fourth-order valence-electron chi connectivity index (χ4n) is 2.47. The minimum Gasteiger partial charge on any atom is -0.476 e. The number of carboxylic acid groups (broad SMARTS) is 1. The summed E-state index contributed by atoms with van der Waals surface area (Å²) in [7, 11) is -2.65. The number of halogens is 1. The summed E-state index contributed by atoms with van der Waals surface area (Å²) in [6, 6.07) is 12.7. The van der Waals surface area contributed by atoms with Crippen molar-refractivity contribution in [2.75, 3.05) is 4.72 Å². The molecule has 1 heterocycles. The number of hydrogen-bond donors (Lipinski definition) is 2. The molecular weight excluding hydrogens is 361 g/mol. The zero-order valence-electron chi connectivity index (χ0n) is 13.5. The molecule has 2 aromatic carbocycles. The number of carbonyl (C=O) groups is 1. The Hall–Kier alpha value is -3.20. The van der Waals surface area contributed by atoms with Crippen molar-refractivity contribution in [1.82, 2.24) is 9.78 Å².